The molecule has 0 aromatic heterocycles. The van der Waals surface area contributed by atoms with Crippen molar-refractivity contribution in [2.45, 2.75) is 83.5 Å². The molecule has 0 fully saturated rings. The van der Waals surface area contributed by atoms with Crippen molar-refractivity contribution in [3.63, 3.8) is 0 Å². The number of hydrogen-bond acceptors (Lipinski definition) is 2. The van der Waals surface area contributed by atoms with E-state index in [1.54, 1.807) is 0 Å². The number of carbonyl (C=O) groups is 1. The van der Waals surface area contributed by atoms with E-state index >= 15 is 0 Å². The molecule has 0 aromatic carbocycles. The Morgan fingerprint density at radius 2 is 1.47 bits per heavy atom. The van der Waals surface area contributed by atoms with E-state index in [0.717, 1.165) is 18.7 Å². The molecule has 0 amide bonds. The Balaban J connectivity index is 3.42. The standard InChI is InChI=1S/C15H31ClO2Si/c1-14(17)18-15(19(2)3)12-10-8-6-4-5-7-9-11-13-16/h15,19H,4-13H2,1-3H3. The van der Waals surface area contributed by atoms with Gasteiger partial charge in [0, 0.05) is 12.8 Å². The summed E-state index contributed by atoms with van der Waals surface area (Å²) in [6.07, 6.45) is 11.3. The van der Waals surface area contributed by atoms with Crippen LogP contribution in [-0.2, 0) is 9.53 Å². The van der Waals surface area contributed by atoms with Gasteiger partial charge in [-0.3, -0.25) is 4.79 Å². The lowest BCUT2D eigenvalue weighted by molar-refractivity contribution is -0.143. The summed E-state index contributed by atoms with van der Waals surface area (Å²) in [4.78, 5) is 11.0. The molecular formula is C15H31ClO2Si. The highest BCUT2D eigenvalue weighted by Gasteiger charge is 2.16. The molecule has 2 nitrogen and oxygen atoms in total. The molecule has 0 rings (SSSR count). The molecule has 0 aromatic rings. The molecular weight excluding hydrogens is 276 g/mol. The van der Waals surface area contributed by atoms with Gasteiger partial charge >= 0.3 is 5.97 Å². The summed E-state index contributed by atoms with van der Waals surface area (Å²) in [6, 6.07) is 0. The second-order valence-corrected chi connectivity index (χ2v) is 9.31. The highest BCUT2D eigenvalue weighted by atomic mass is 35.5. The molecule has 0 aliphatic carbocycles. The maximum Gasteiger partial charge on any atom is 0.302 e. The molecule has 1 atom stereocenters. The smallest absolute Gasteiger partial charge is 0.302 e. The molecule has 0 spiro atoms. The Hall–Kier alpha value is -0.0231. The minimum atomic E-state index is -0.875. The molecule has 114 valence electrons. The lowest BCUT2D eigenvalue weighted by Gasteiger charge is -2.19. The van der Waals surface area contributed by atoms with Crippen molar-refractivity contribution in [3.8, 4) is 0 Å². The van der Waals surface area contributed by atoms with Gasteiger partial charge in [-0.2, -0.15) is 0 Å². The predicted octanol–water partition coefficient (Wildman–Crippen LogP) is 4.69. The molecule has 0 N–H and O–H groups in total. The van der Waals surface area contributed by atoms with Crippen LogP contribution in [0, 0.1) is 0 Å². The van der Waals surface area contributed by atoms with Crippen LogP contribution in [0.1, 0.15) is 64.7 Å². The number of unbranched alkanes of at least 4 members (excludes halogenated alkanes) is 7. The van der Waals surface area contributed by atoms with Crippen molar-refractivity contribution in [2.75, 3.05) is 5.88 Å². The van der Waals surface area contributed by atoms with Gasteiger partial charge in [-0.05, 0) is 12.8 Å². The van der Waals surface area contributed by atoms with E-state index < -0.39 is 8.80 Å². The fourth-order valence-electron chi connectivity index (χ4n) is 2.24. The number of rotatable bonds is 12. The Morgan fingerprint density at radius 1 is 1.00 bits per heavy atom. The maximum absolute atomic E-state index is 11.0. The first-order valence-electron chi connectivity index (χ1n) is 7.81. The molecule has 0 heterocycles. The second-order valence-electron chi connectivity index (χ2n) is 5.70. The number of alkyl halides is 1. The molecule has 4 heteroatoms. The zero-order valence-electron chi connectivity index (χ0n) is 12.9. The Morgan fingerprint density at radius 3 is 1.89 bits per heavy atom. The summed E-state index contributed by atoms with van der Waals surface area (Å²) >= 11 is 5.64. The van der Waals surface area contributed by atoms with Crippen molar-refractivity contribution in [3.05, 3.63) is 0 Å². The molecule has 19 heavy (non-hydrogen) atoms. The van der Waals surface area contributed by atoms with E-state index in [0.29, 0.717) is 0 Å². The summed E-state index contributed by atoms with van der Waals surface area (Å²) in [5, 5.41) is 0. The molecule has 1 unspecified atom stereocenters. The topological polar surface area (TPSA) is 26.3 Å². The number of hydrogen-bond donors (Lipinski definition) is 0. The van der Waals surface area contributed by atoms with Gasteiger partial charge in [0.1, 0.15) is 0 Å². The number of ether oxygens (including phenoxy) is 1. The molecule has 0 radical (unpaired) electrons. The summed E-state index contributed by atoms with van der Waals surface area (Å²) < 4.78 is 5.39. The van der Waals surface area contributed by atoms with Gasteiger partial charge in [-0.25, -0.2) is 0 Å². The van der Waals surface area contributed by atoms with Gasteiger partial charge in [0.15, 0.2) is 0 Å². The molecule has 0 saturated heterocycles. The predicted molar refractivity (Wildman–Crippen MR) is 86.7 cm³/mol. The summed E-state index contributed by atoms with van der Waals surface area (Å²) in [5.41, 5.74) is 0.237. The number of carbonyl (C=O) groups excluding carboxylic acids is 1. The van der Waals surface area contributed by atoms with Gasteiger partial charge in [0.05, 0.1) is 14.5 Å². The zero-order valence-corrected chi connectivity index (χ0v) is 14.8. The average Bonchev–Trinajstić information content (AvgIpc) is 2.34. The maximum atomic E-state index is 11.0. The van der Waals surface area contributed by atoms with E-state index in [2.05, 4.69) is 13.1 Å². The lowest BCUT2D eigenvalue weighted by Crippen LogP contribution is -2.29. The minimum Gasteiger partial charge on any atom is -0.467 e. The summed E-state index contributed by atoms with van der Waals surface area (Å²) in [7, 11) is -0.875. The van der Waals surface area contributed by atoms with Crippen LogP contribution in [-0.4, -0.2) is 26.4 Å². The van der Waals surface area contributed by atoms with E-state index in [1.807, 2.05) is 0 Å². The third-order valence-corrected chi connectivity index (χ3v) is 5.66. The van der Waals surface area contributed by atoms with Crippen LogP contribution in [0.15, 0.2) is 0 Å². The zero-order chi connectivity index (χ0) is 14.5. The van der Waals surface area contributed by atoms with E-state index in [-0.39, 0.29) is 11.7 Å². The van der Waals surface area contributed by atoms with Gasteiger partial charge in [-0.15, -0.1) is 11.6 Å². The molecule has 0 aliphatic heterocycles. The van der Waals surface area contributed by atoms with E-state index in [4.69, 9.17) is 16.3 Å². The second kappa shape index (κ2) is 13.0. The minimum absolute atomic E-state index is 0.120. The Kier molecular flexibility index (Phi) is 13.0. The SMILES string of the molecule is CC(=O)OC(CCCCCCCCCCCl)[SiH](C)C. The third-order valence-electron chi connectivity index (χ3n) is 3.43. The van der Waals surface area contributed by atoms with Gasteiger partial charge in [-0.1, -0.05) is 58.0 Å². The van der Waals surface area contributed by atoms with Crippen molar-refractivity contribution in [1.29, 1.82) is 0 Å². The summed E-state index contributed by atoms with van der Waals surface area (Å²) in [5.74, 6) is 0.682. The van der Waals surface area contributed by atoms with Crippen LogP contribution in [0.25, 0.3) is 0 Å². The Labute approximate surface area is 125 Å². The van der Waals surface area contributed by atoms with Crippen molar-refractivity contribution in [1.82, 2.24) is 0 Å². The van der Waals surface area contributed by atoms with Gasteiger partial charge in [0.25, 0.3) is 0 Å². The molecule has 0 saturated carbocycles. The Bertz CT molecular complexity index is 222. The first-order valence-corrected chi connectivity index (χ1v) is 11.3. The van der Waals surface area contributed by atoms with Crippen molar-refractivity contribution < 1.29 is 9.53 Å². The first-order chi connectivity index (χ1) is 9.07. The van der Waals surface area contributed by atoms with Gasteiger partial charge in [0.2, 0.25) is 0 Å². The van der Waals surface area contributed by atoms with Crippen LogP contribution < -0.4 is 0 Å². The lowest BCUT2D eigenvalue weighted by atomic mass is 10.1. The summed E-state index contributed by atoms with van der Waals surface area (Å²) in [6.45, 7) is 6.03. The normalized spacial score (nSPS) is 12.7. The monoisotopic (exact) mass is 306 g/mol. The van der Waals surface area contributed by atoms with Crippen LogP contribution in [0.2, 0.25) is 13.1 Å². The van der Waals surface area contributed by atoms with E-state index in [1.165, 1.54) is 51.9 Å². The fraction of sp³-hybridized carbons (Fsp3) is 0.933. The van der Waals surface area contributed by atoms with Crippen molar-refractivity contribution in [2.24, 2.45) is 0 Å². The van der Waals surface area contributed by atoms with Crippen LogP contribution in [0.3, 0.4) is 0 Å². The van der Waals surface area contributed by atoms with Crippen LogP contribution in [0.4, 0.5) is 0 Å². The van der Waals surface area contributed by atoms with Crippen molar-refractivity contribution >= 4 is 26.4 Å². The average molecular weight is 307 g/mol. The molecule has 0 bridgehead atoms. The van der Waals surface area contributed by atoms with E-state index in [9.17, 15) is 4.79 Å². The van der Waals surface area contributed by atoms with Gasteiger partial charge < -0.3 is 4.74 Å². The third kappa shape index (κ3) is 12.7. The molecule has 0 aliphatic rings. The number of esters is 1. The largest absolute Gasteiger partial charge is 0.467 e. The highest BCUT2D eigenvalue weighted by Crippen LogP contribution is 2.13. The first kappa shape index (κ1) is 19.0. The number of halogens is 1. The highest BCUT2D eigenvalue weighted by molar-refractivity contribution is 6.57. The fourth-order valence-corrected chi connectivity index (χ4v) is 3.80. The quantitative estimate of drug-likeness (QED) is 0.226. The van der Waals surface area contributed by atoms with Crippen LogP contribution in [0.5, 0.6) is 0 Å². The van der Waals surface area contributed by atoms with Crippen LogP contribution >= 0.6 is 11.6 Å².